The number of hydrogen-bond acceptors (Lipinski definition) is 6. The fraction of sp³-hybridized carbons (Fsp3) is 0.556. The fourth-order valence-electron chi connectivity index (χ4n) is 4.93. The number of fused-ring (bicyclic) bond motifs is 2. The monoisotopic (exact) mass is 690 g/mol. The molecule has 0 aromatic heterocycles. The van der Waals surface area contributed by atoms with Crippen LogP contribution in [-0.2, 0) is 0 Å². The van der Waals surface area contributed by atoms with Crippen LogP contribution in [0.3, 0.4) is 0 Å². The number of benzene rings is 2. The zero-order chi connectivity index (χ0) is 25.0. The molecule has 0 atom stereocenters. The molecular formula is C27H42N6Sn2. The molecule has 4 rings (SSSR count). The van der Waals surface area contributed by atoms with Crippen molar-refractivity contribution < 1.29 is 0 Å². The van der Waals surface area contributed by atoms with E-state index in [0.29, 0.717) is 0 Å². The van der Waals surface area contributed by atoms with Crippen LogP contribution in [0.4, 0.5) is 22.7 Å². The second-order valence-electron chi connectivity index (χ2n) is 11.1. The Morgan fingerprint density at radius 3 is 1.29 bits per heavy atom. The molecule has 0 fully saturated rings. The van der Waals surface area contributed by atoms with Gasteiger partial charge in [-0.1, -0.05) is 0 Å². The third kappa shape index (κ3) is 7.14. The van der Waals surface area contributed by atoms with E-state index in [1.54, 1.807) is 0 Å². The van der Waals surface area contributed by atoms with Gasteiger partial charge in [-0.05, 0) is 0 Å². The van der Waals surface area contributed by atoms with Crippen molar-refractivity contribution in [3.05, 3.63) is 48.5 Å². The molecule has 0 saturated carbocycles. The van der Waals surface area contributed by atoms with Gasteiger partial charge in [-0.3, -0.25) is 0 Å². The minimum atomic E-state index is -0.834. The molecule has 4 radical (unpaired) electrons. The molecule has 2 aromatic carbocycles. The van der Waals surface area contributed by atoms with Crippen molar-refractivity contribution in [1.82, 2.24) is 9.80 Å². The van der Waals surface area contributed by atoms with Gasteiger partial charge in [-0.15, -0.1) is 0 Å². The summed E-state index contributed by atoms with van der Waals surface area (Å²) in [5.41, 5.74) is 6.14. The molecule has 0 spiro atoms. The van der Waals surface area contributed by atoms with Gasteiger partial charge in [-0.25, -0.2) is 0 Å². The number of para-hydroxylation sites is 4. The Kier molecular flexibility index (Phi) is 9.43. The Morgan fingerprint density at radius 1 is 0.600 bits per heavy atom. The number of rotatable bonds is 12. The van der Waals surface area contributed by atoms with Crippen molar-refractivity contribution >= 4 is 66.1 Å². The van der Waals surface area contributed by atoms with Crippen LogP contribution in [0.1, 0.15) is 26.7 Å². The van der Waals surface area contributed by atoms with Gasteiger partial charge < -0.3 is 0 Å². The van der Waals surface area contributed by atoms with Gasteiger partial charge in [0.05, 0.1) is 0 Å². The SMILES string of the molecule is CN(C)CCC[N]1[Sn][N](CC(C)(C)C[N]2[Sn][N](CCCN(C)C)c3ccccc32)c2ccccc21. The maximum absolute atomic E-state index is 2.79. The van der Waals surface area contributed by atoms with E-state index in [2.05, 4.69) is 113 Å². The Labute approximate surface area is 235 Å². The third-order valence-corrected chi connectivity index (χ3v) is 14.2. The third-order valence-electron chi connectivity index (χ3n) is 6.56. The summed E-state index contributed by atoms with van der Waals surface area (Å²) in [6.07, 6.45) is 2.47. The summed E-state index contributed by atoms with van der Waals surface area (Å²) in [5, 5.41) is 0. The van der Waals surface area contributed by atoms with Crippen LogP contribution in [0.2, 0.25) is 0 Å². The summed E-state index contributed by atoms with van der Waals surface area (Å²) in [5.74, 6) is 0. The van der Waals surface area contributed by atoms with Crippen molar-refractivity contribution in [1.29, 1.82) is 0 Å². The molecule has 188 valence electrons. The van der Waals surface area contributed by atoms with E-state index >= 15 is 0 Å². The van der Waals surface area contributed by atoms with E-state index in [0.717, 1.165) is 26.2 Å². The summed E-state index contributed by atoms with van der Waals surface area (Å²) >= 11 is -1.67. The van der Waals surface area contributed by atoms with Gasteiger partial charge in [-0.2, -0.15) is 0 Å². The fourth-order valence-corrected chi connectivity index (χ4v) is 14.3. The Balaban J connectivity index is 1.41. The Hall–Kier alpha value is -0.843. The van der Waals surface area contributed by atoms with Crippen molar-refractivity contribution in [3.63, 3.8) is 0 Å². The topological polar surface area (TPSA) is 19.4 Å². The van der Waals surface area contributed by atoms with Crippen molar-refractivity contribution in [2.75, 3.05) is 79.9 Å². The summed E-state index contributed by atoms with van der Waals surface area (Å²) in [6.45, 7) is 12.0. The van der Waals surface area contributed by atoms with Crippen LogP contribution >= 0.6 is 0 Å². The van der Waals surface area contributed by atoms with Crippen molar-refractivity contribution in [3.8, 4) is 0 Å². The van der Waals surface area contributed by atoms with Crippen molar-refractivity contribution in [2.24, 2.45) is 5.41 Å². The van der Waals surface area contributed by atoms with Gasteiger partial charge in [0, 0.05) is 0 Å². The van der Waals surface area contributed by atoms with E-state index in [1.165, 1.54) is 48.7 Å². The predicted molar refractivity (Wildman–Crippen MR) is 154 cm³/mol. The first kappa shape index (κ1) is 27.2. The minimum absolute atomic E-state index is 0.237. The van der Waals surface area contributed by atoms with E-state index in [1.807, 2.05) is 0 Å². The van der Waals surface area contributed by atoms with Crippen LogP contribution in [0.5, 0.6) is 0 Å². The van der Waals surface area contributed by atoms with Gasteiger partial charge in [0.15, 0.2) is 0 Å². The first-order chi connectivity index (χ1) is 16.7. The van der Waals surface area contributed by atoms with Gasteiger partial charge in [0.2, 0.25) is 0 Å². The average molecular weight is 688 g/mol. The molecule has 35 heavy (non-hydrogen) atoms. The molecular weight excluding hydrogens is 646 g/mol. The molecule has 0 amide bonds. The van der Waals surface area contributed by atoms with Gasteiger partial charge >= 0.3 is 237 Å². The molecule has 6 nitrogen and oxygen atoms in total. The second-order valence-corrected chi connectivity index (χ2v) is 18.4. The van der Waals surface area contributed by atoms with Crippen molar-refractivity contribution in [2.45, 2.75) is 26.7 Å². The standard InChI is InChI=1S/C27H42N6.2Sn/c1-27(2,21-30-25-15-9-7-13-23(25)28-17-11-19-32(3)4)22-31-26-16-10-8-14-24(26)29-18-12-20-33(5)6;;/h7-10,13-16H,11-12,17-22H2,1-6H3;;/q-4;2*+2. The summed E-state index contributed by atoms with van der Waals surface area (Å²) in [7, 11) is 8.71. The van der Waals surface area contributed by atoms with Crippen LogP contribution < -0.4 is 12.5 Å². The molecule has 0 bridgehead atoms. The second kappa shape index (κ2) is 12.1. The number of nitrogens with zero attached hydrogens (tertiary/aromatic N) is 6. The molecule has 2 aromatic rings. The Bertz CT molecular complexity index is 891. The molecule has 0 unspecified atom stereocenters. The molecule has 2 aliphatic heterocycles. The van der Waals surface area contributed by atoms with Crippen LogP contribution in [0.15, 0.2) is 48.5 Å². The van der Waals surface area contributed by atoms with Gasteiger partial charge in [0.1, 0.15) is 0 Å². The molecule has 0 saturated heterocycles. The summed E-state index contributed by atoms with van der Waals surface area (Å²) in [4.78, 5) is 4.60. The zero-order valence-corrected chi connectivity index (χ0v) is 28.2. The quantitative estimate of drug-likeness (QED) is 0.316. The molecule has 0 aliphatic carbocycles. The van der Waals surface area contributed by atoms with E-state index in [9.17, 15) is 0 Å². The Morgan fingerprint density at radius 2 is 0.943 bits per heavy atom. The molecule has 2 aliphatic rings. The first-order valence-corrected chi connectivity index (χ1v) is 17.9. The van der Waals surface area contributed by atoms with Crippen LogP contribution in [0.25, 0.3) is 0 Å². The van der Waals surface area contributed by atoms with E-state index in [-0.39, 0.29) is 5.41 Å². The molecule has 0 N–H and O–H groups in total. The normalized spacial score (nSPS) is 15.5. The molecule has 2 heterocycles. The van der Waals surface area contributed by atoms with Crippen LogP contribution in [0, 0.1) is 5.41 Å². The average Bonchev–Trinajstić information content (AvgIpc) is 3.31. The predicted octanol–water partition coefficient (Wildman–Crippen LogP) is 3.64. The first-order valence-electron chi connectivity index (χ1n) is 12.8. The maximum atomic E-state index is 2.79. The van der Waals surface area contributed by atoms with Crippen LogP contribution in [-0.4, -0.2) is 121 Å². The molecule has 8 heteroatoms. The van der Waals surface area contributed by atoms with Gasteiger partial charge in [0.25, 0.3) is 0 Å². The van der Waals surface area contributed by atoms with E-state index in [4.69, 9.17) is 0 Å². The van der Waals surface area contributed by atoms with E-state index < -0.39 is 43.4 Å². The summed E-state index contributed by atoms with van der Waals surface area (Å²) < 4.78 is 11.1. The number of hydrogen-bond donors (Lipinski definition) is 0. The zero-order valence-electron chi connectivity index (χ0n) is 22.5. The summed E-state index contributed by atoms with van der Waals surface area (Å²) in [6, 6.07) is 18.3. The number of anilines is 4.